The number of anilines is 1. The molecule has 0 saturated carbocycles. The van der Waals surface area contributed by atoms with Gasteiger partial charge in [0.15, 0.2) is 0 Å². The van der Waals surface area contributed by atoms with Crippen LogP contribution in [0.3, 0.4) is 0 Å². The average Bonchev–Trinajstić information content (AvgIpc) is 3.12. The van der Waals surface area contributed by atoms with Crippen molar-refractivity contribution in [3.8, 4) is 11.5 Å². The molecule has 15 heteroatoms. The maximum atomic E-state index is 12.8. The predicted octanol–water partition coefficient (Wildman–Crippen LogP) is 7.74. The van der Waals surface area contributed by atoms with Crippen molar-refractivity contribution in [2.24, 2.45) is 0 Å². The number of methoxy groups -OCH3 is 1. The Morgan fingerprint density at radius 1 is 1.00 bits per heavy atom. The van der Waals surface area contributed by atoms with Crippen molar-refractivity contribution < 1.29 is 42.2 Å². The Labute approximate surface area is 303 Å². The molecule has 3 aromatic carbocycles. The minimum atomic E-state index is -2.52. The summed E-state index contributed by atoms with van der Waals surface area (Å²) in [4.78, 5) is 50.4. The number of allylic oxidation sites excluding steroid dienone is 1. The molecule has 266 valence electrons. The lowest BCUT2D eigenvalue weighted by molar-refractivity contribution is 0.0945. The van der Waals surface area contributed by atoms with Gasteiger partial charge in [0, 0.05) is 34.0 Å². The molecule has 0 aliphatic heterocycles. The van der Waals surface area contributed by atoms with E-state index in [1.54, 1.807) is 60.7 Å². The first-order valence-corrected chi connectivity index (χ1v) is 18.4. The van der Waals surface area contributed by atoms with Gasteiger partial charge in [0.05, 0.1) is 19.4 Å². The summed E-state index contributed by atoms with van der Waals surface area (Å²) in [5, 5.41) is 5.41. The second-order valence-electron chi connectivity index (χ2n) is 11.1. The van der Waals surface area contributed by atoms with E-state index in [1.807, 2.05) is 19.1 Å². The lowest BCUT2D eigenvalue weighted by Gasteiger charge is -2.18. The molecule has 2 atom stereocenters. The molecule has 2 amide bonds. The smallest absolute Gasteiger partial charge is 0.412 e. The summed E-state index contributed by atoms with van der Waals surface area (Å²) in [6.07, 6.45) is 5.36. The second kappa shape index (κ2) is 18.3. The Kier molecular flexibility index (Phi) is 13.6. The lowest BCUT2D eigenvalue weighted by Crippen LogP contribution is -2.26. The Morgan fingerprint density at radius 2 is 1.75 bits per heavy atom. The number of fused-ring (bicyclic) bond motifs is 1. The first kappa shape index (κ1) is 37.9. The maximum absolute atomic E-state index is 12.8. The van der Waals surface area contributed by atoms with Crippen LogP contribution >= 0.6 is 29.8 Å². The standard InChI is InChI=1S/C36H37N3O9P2S/c1-23-20-31(30-6-4-5-7-32(30)38-23)24(2)27-12-17-34(44-3)33(21-27)39-36(41)45-22-25-8-13-28(14-9-25)47-50(43)48-49(42)46-19-18-37-35(40)26-10-15-29(51)16-11-26/h4,6,8-17,20-21,42-43,51H,2,5,7,18-19,22H2,1,3H3,(H,37,40)(H,39,41). The van der Waals surface area contributed by atoms with Crippen molar-refractivity contribution in [2.75, 3.05) is 25.6 Å². The third-order valence-corrected chi connectivity index (χ3v) is 9.73. The van der Waals surface area contributed by atoms with Crippen LogP contribution in [0.15, 0.2) is 90.3 Å². The number of nitrogens with zero attached hydrogens (tertiary/aromatic N) is 1. The molecule has 12 nitrogen and oxygen atoms in total. The number of pyridine rings is 1. The molecule has 1 aliphatic rings. The van der Waals surface area contributed by atoms with Crippen molar-refractivity contribution >= 4 is 59.2 Å². The van der Waals surface area contributed by atoms with Crippen molar-refractivity contribution in [3.63, 3.8) is 0 Å². The molecule has 0 saturated heterocycles. The summed E-state index contributed by atoms with van der Waals surface area (Å²) in [5.41, 5.74) is 7.14. The van der Waals surface area contributed by atoms with Gasteiger partial charge in [-0.25, -0.2) is 9.11 Å². The zero-order valence-electron chi connectivity index (χ0n) is 27.9. The zero-order valence-corrected chi connectivity index (χ0v) is 30.5. The molecule has 4 N–H and O–H groups in total. The van der Waals surface area contributed by atoms with E-state index in [0.717, 1.165) is 51.4 Å². The average molecular weight is 750 g/mol. The van der Waals surface area contributed by atoms with Crippen molar-refractivity contribution in [3.05, 3.63) is 125 Å². The highest BCUT2D eigenvalue weighted by molar-refractivity contribution is 7.80. The minimum absolute atomic E-state index is 0.0488. The first-order chi connectivity index (χ1) is 24.6. The highest BCUT2D eigenvalue weighted by Crippen LogP contribution is 2.49. The summed E-state index contributed by atoms with van der Waals surface area (Å²) in [5.74, 6) is 0.403. The number of hydrogen-bond acceptors (Lipinski definition) is 11. The van der Waals surface area contributed by atoms with Crippen molar-refractivity contribution in [1.29, 1.82) is 0 Å². The highest BCUT2D eigenvalue weighted by Gasteiger charge is 2.19. The number of nitrogens with one attached hydrogen (secondary N) is 2. The van der Waals surface area contributed by atoms with E-state index >= 15 is 0 Å². The van der Waals surface area contributed by atoms with E-state index < -0.39 is 23.3 Å². The Hall–Kier alpha value is -4.32. The molecular weight excluding hydrogens is 712 g/mol. The van der Waals surface area contributed by atoms with Crippen LogP contribution in [0.1, 0.15) is 50.4 Å². The Balaban J connectivity index is 1.07. The Morgan fingerprint density at radius 3 is 2.49 bits per heavy atom. The molecule has 2 unspecified atom stereocenters. The van der Waals surface area contributed by atoms with Crippen LogP contribution in [0.25, 0.3) is 11.6 Å². The molecule has 5 rings (SSSR count). The normalized spacial score (nSPS) is 13.0. The number of rotatable bonds is 15. The quantitative estimate of drug-likeness (QED) is 0.0463. The van der Waals surface area contributed by atoms with Gasteiger partial charge in [0.2, 0.25) is 0 Å². The third-order valence-electron chi connectivity index (χ3n) is 7.54. The van der Waals surface area contributed by atoms with Crippen LogP contribution in [0, 0.1) is 6.92 Å². The van der Waals surface area contributed by atoms with Crippen molar-refractivity contribution in [1.82, 2.24) is 10.3 Å². The van der Waals surface area contributed by atoms with Gasteiger partial charge in [-0.2, -0.15) is 0 Å². The van der Waals surface area contributed by atoms with Crippen LogP contribution in [-0.2, 0) is 26.6 Å². The number of thiol groups is 1. The predicted molar refractivity (Wildman–Crippen MR) is 200 cm³/mol. The number of benzene rings is 3. The highest BCUT2D eigenvalue weighted by atomic mass is 32.1. The molecule has 1 aromatic heterocycles. The van der Waals surface area contributed by atoms with E-state index in [9.17, 15) is 19.4 Å². The Bertz CT molecular complexity index is 1890. The molecule has 0 radical (unpaired) electrons. The van der Waals surface area contributed by atoms with E-state index in [0.29, 0.717) is 22.6 Å². The van der Waals surface area contributed by atoms with Gasteiger partial charge >= 0.3 is 23.3 Å². The van der Waals surface area contributed by atoms with Crippen LogP contribution in [0.4, 0.5) is 10.5 Å². The van der Waals surface area contributed by atoms with E-state index in [2.05, 4.69) is 42.0 Å². The number of ether oxygens (including phenoxy) is 2. The number of aryl methyl sites for hydroxylation is 2. The molecular formula is C36H37N3O9P2S. The molecule has 0 spiro atoms. The summed E-state index contributed by atoms with van der Waals surface area (Å²) in [6, 6.07) is 20.5. The summed E-state index contributed by atoms with van der Waals surface area (Å²) in [6.45, 7) is 6.33. The summed E-state index contributed by atoms with van der Waals surface area (Å²) >= 11 is 4.18. The van der Waals surface area contributed by atoms with Gasteiger partial charge in [-0.05, 0) is 96.6 Å². The van der Waals surface area contributed by atoms with E-state index in [4.69, 9.17) is 27.8 Å². The zero-order chi connectivity index (χ0) is 36.3. The van der Waals surface area contributed by atoms with Crippen LogP contribution in [0.2, 0.25) is 0 Å². The molecule has 0 fully saturated rings. The fourth-order valence-corrected chi connectivity index (χ4v) is 6.58. The van der Waals surface area contributed by atoms with E-state index in [1.165, 1.54) is 7.11 Å². The van der Waals surface area contributed by atoms with Gasteiger partial charge in [0.25, 0.3) is 5.91 Å². The molecule has 51 heavy (non-hydrogen) atoms. The van der Waals surface area contributed by atoms with Gasteiger partial charge in [-0.3, -0.25) is 15.1 Å². The maximum Gasteiger partial charge on any atom is 0.412 e. The minimum Gasteiger partial charge on any atom is -0.495 e. The fraction of sp³-hybridized carbons (Fsp3) is 0.194. The number of aromatic nitrogens is 1. The summed E-state index contributed by atoms with van der Waals surface area (Å²) < 4.78 is 26.4. The number of carbonyl (C=O) groups excluding carboxylic acids is 2. The van der Waals surface area contributed by atoms with Crippen molar-refractivity contribution in [2.45, 2.75) is 31.3 Å². The topological polar surface area (TPSA) is 158 Å². The SMILES string of the molecule is C=C(c1ccc(OC)c(NC(=O)OCc2ccc(OP(O)OP(O)OCCNC(=O)c3ccc(S)cc3)cc2)c1)c1cc(C)nc2c1C=CCC2. The molecule has 1 heterocycles. The third kappa shape index (κ3) is 10.8. The van der Waals surface area contributed by atoms with Crippen LogP contribution < -0.4 is 19.9 Å². The number of amides is 2. The number of hydrogen-bond donors (Lipinski definition) is 5. The first-order valence-electron chi connectivity index (χ1n) is 15.7. The van der Waals surface area contributed by atoms with Gasteiger partial charge in [-0.15, -0.1) is 12.6 Å². The van der Waals surface area contributed by atoms with Gasteiger partial charge in [0.1, 0.15) is 18.1 Å². The second-order valence-corrected chi connectivity index (χ2v) is 13.7. The fourth-order valence-electron chi connectivity index (χ4n) is 5.08. The largest absolute Gasteiger partial charge is 0.495 e. The van der Waals surface area contributed by atoms with Gasteiger partial charge < -0.3 is 33.6 Å². The molecule has 4 aromatic rings. The van der Waals surface area contributed by atoms with Crippen LogP contribution in [-0.4, -0.2) is 47.0 Å². The van der Waals surface area contributed by atoms with Gasteiger partial charge in [-0.1, -0.05) is 36.9 Å². The monoisotopic (exact) mass is 749 g/mol. The van der Waals surface area contributed by atoms with E-state index in [-0.39, 0.29) is 31.4 Å². The summed E-state index contributed by atoms with van der Waals surface area (Å²) in [7, 11) is -3.46. The molecule has 1 aliphatic carbocycles. The lowest BCUT2D eigenvalue weighted by atomic mass is 9.90. The number of carbonyl (C=O) groups is 2. The van der Waals surface area contributed by atoms with Crippen LogP contribution in [0.5, 0.6) is 11.5 Å². The molecule has 0 bridgehead atoms.